The molecule has 1 fully saturated rings. The molecule has 0 bridgehead atoms. The minimum absolute atomic E-state index is 0.0387. The largest absolute Gasteiger partial charge is 0.493 e. The lowest BCUT2D eigenvalue weighted by atomic mass is 10.2. The molecule has 0 aromatic heterocycles. The van der Waals surface area contributed by atoms with Crippen LogP contribution in [0.4, 0.5) is 0 Å². The highest BCUT2D eigenvalue weighted by Crippen LogP contribution is 2.30. The Morgan fingerprint density at radius 1 is 1.28 bits per heavy atom. The molecule has 1 aliphatic rings. The lowest BCUT2D eigenvalue weighted by molar-refractivity contribution is -0.121. The highest BCUT2D eigenvalue weighted by molar-refractivity contribution is 5.81. The van der Waals surface area contributed by atoms with Gasteiger partial charge in [-0.2, -0.15) is 0 Å². The number of hydrogen-bond acceptors (Lipinski definition) is 3. The van der Waals surface area contributed by atoms with Gasteiger partial charge in [-0.25, -0.2) is 0 Å². The Bertz CT molecular complexity index is 583. The second kappa shape index (κ2) is 9.91. The SMILES string of the molecule is CN=C(NCCC(=O)NC(C)C)NCc1ccccc1OCC1CC1. The normalized spacial score (nSPS) is 14.3. The molecule has 0 radical (unpaired) electrons. The monoisotopic (exact) mass is 346 g/mol. The van der Waals surface area contributed by atoms with Crippen molar-refractivity contribution in [2.24, 2.45) is 10.9 Å². The molecule has 1 aromatic carbocycles. The Morgan fingerprint density at radius 2 is 2.04 bits per heavy atom. The van der Waals surface area contributed by atoms with Gasteiger partial charge in [0.2, 0.25) is 5.91 Å². The maximum atomic E-state index is 11.7. The number of aliphatic imine (C=N–C) groups is 1. The highest BCUT2D eigenvalue weighted by atomic mass is 16.5. The van der Waals surface area contributed by atoms with Crippen LogP contribution in [0.1, 0.15) is 38.7 Å². The zero-order valence-electron chi connectivity index (χ0n) is 15.5. The van der Waals surface area contributed by atoms with Gasteiger partial charge in [-0.15, -0.1) is 0 Å². The molecule has 0 heterocycles. The molecule has 0 unspecified atom stereocenters. The molecule has 3 N–H and O–H groups in total. The van der Waals surface area contributed by atoms with Gasteiger partial charge in [0.15, 0.2) is 5.96 Å². The average molecular weight is 346 g/mol. The summed E-state index contributed by atoms with van der Waals surface area (Å²) in [4.78, 5) is 15.8. The van der Waals surface area contributed by atoms with Crippen LogP contribution in [0.25, 0.3) is 0 Å². The first-order valence-electron chi connectivity index (χ1n) is 9.03. The maximum absolute atomic E-state index is 11.7. The fraction of sp³-hybridized carbons (Fsp3) is 0.579. The number of rotatable bonds is 9. The summed E-state index contributed by atoms with van der Waals surface area (Å²) >= 11 is 0. The van der Waals surface area contributed by atoms with Crippen molar-refractivity contribution in [3.63, 3.8) is 0 Å². The molecule has 2 rings (SSSR count). The minimum Gasteiger partial charge on any atom is -0.493 e. The second-order valence-corrected chi connectivity index (χ2v) is 6.69. The Hall–Kier alpha value is -2.24. The van der Waals surface area contributed by atoms with Gasteiger partial charge in [0, 0.05) is 38.2 Å². The van der Waals surface area contributed by atoms with Crippen LogP contribution < -0.4 is 20.7 Å². The van der Waals surface area contributed by atoms with E-state index in [0.717, 1.165) is 23.8 Å². The van der Waals surface area contributed by atoms with Gasteiger partial charge < -0.3 is 20.7 Å². The number of benzene rings is 1. The molecule has 1 aromatic rings. The van der Waals surface area contributed by atoms with E-state index in [-0.39, 0.29) is 11.9 Å². The molecule has 6 heteroatoms. The number of hydrogen-bond donors (Lipinski definition) is 3. The molecule has 25 heavy (non-hydrogen) atoms. The van der Waals surface area contributed by atoms with Gasteiger partial charge in [0.25, 0.3) is 0 Å². The summed E-state index contributed by atoms with van der Waals surface area (Å²) in [6.45, 7) is 5.87. The van der Waals surface area contributed by atoms with E-state index in [4.69, 9.17) is 4.74 Å². The molecule has 1 aliphatic carbocycles. The number of para-hydroxylation sites is 1. The number of nitrogens with one attached hydrogen (secondary N) is 3. The molecule has 1 amide bonds. The predicted molar refractivity (Wildman–Crippen MR) is 101 cm³/mol. The lowest BCUT2D eigenvalue weighted by Gasteiger charge is -2.15. The number of ether oxygens (including phenoxy) is 1. The molecule has 0 atom stereocenters. The number of amides is 1. The van der Waals surface area contributed by atoms with Crippen LogP contribution >= 0.6 is 0 Å². The topological polar surface area (TPSA) is 74.8 Å². The van der Waals surface area contributed by atoms with Crippen molar-refractivity contribution in [1.82, 2.24) is 16.0 Å². The molecule has 6 nitrogen and oxygen atoms in total. The number of nitrogens with zero attached hydrogens (tertiary/aromatic N) is 1. The Kier molecular flexibility index (Phi) is 7.57. The van der Waals surface area contributed by atoms with E-state index in [2.05, 4.69) is 27.0 Å². The van der Waals surface area contributed by atoms with Crippen molar-refractivity contribution in [3.8, 4) is 5.75 Å². The fourth-order valence-corrected chi connectivity index (χ4v) is 2.37. The standard InChI is InChI=1S/C19H30N4O2/c1-14(2)23-18(24)10-11-21-19(20-3)22-12-16-6-4-5-7-17(16)25-13-15-8-9-15/h4-7,14-15H,8-13H2,1-3H3,(H,23,24)(H2,20,21,22). The maximum Gasteiger partial charge on any atom is 0.221 e. The summed E-state index contributed by atoms with van der Waals surface area (Å²) < 4.78 is 5.92. The van der Waals surface area contributed by atoms with Crippen molar-refractivity contribution >= 4 is 11.9 Å². The molecule has 1 saturated carbocycles. The third-order valence-corrected chi connectivity index (χ3v) is 3.91. The molecule has 0 saturated heterocycles. The molecular formula is C19H30N4O2. The average Bonchev–Trinajstić information content (AvgIpc) is 3.40. The van der Waals surface area contributed by atoms with E-state index in [1.54, 1.807) is 7.05 Å². The minimum atomic E-state index is 0.0387. The summed E-state index contributed by atoms with van der Waals surface area (Å²) in [5.41, 5.74) is 1.10. The summed E-state index contributed by atoms with van der Waals surface area (Å²) in [7, 11) is 1.72. The van der Waals surface area contributed by atoms with E-state index in [1.165, 1.54) is 12.8 Å². The third-order valence-electron chi connectivity index (χ3n) is 3.91. The van der Waals surface area contributed by atoms with E-state index in [0.29, 0.717) is 25.5 Å². The van der Waals surface area contributed by atoms with Crippen LogP contribution in [-0.2, 0) is 11.3 Å². The van der Waals surface area contributed by atoms with Crippen LogP contribution in [0.3, 0.4) is 0 Å². The van der Waals surface area contributed by atoms with Crippen LogP contribution in [-0.4, -0.2) is 38.1 Å². The molecule has 138 valence electrons. The summed E-state index contributed by atoms with van der Waals surface area (Å²) in [6.07, 6.45) is 2.97. The van der Waals surface area contributed by atoms with Gasteiger partial charge in [-0.1, -0.05) is 18.2 Å². The second-order valence-electron chi connectivity index (χ2n) is 6.69. The van der Waals surface area contributed by atoms with Gasteiger partial charge in [0.05, 0.1) is 6.61 Å². The van der Waals surface area contributed by atoms with Gasteiger partial charge in [-0.3, -0.25) is 9.79 Å². The van der Waals surface area contributed by atoms with E-state index in [9.17, 15) is 4.79 Å². The Morgan fingerprint density at radius 3 is 2.72 bits per heavy atom. The highest BCUT2D eigenvalue weighted by Gasteiger charge is 2.22. The lowest BCUT2D eigenvalue weighted by Crippen LogP contribution is -2.39. The first-order valence-corrected chi connectivity index (χ1v) is 9.03. The Balaban J connectivity index is 1.75. The quantitative estimate of drug-likeness (QED) is 0.473. The predicted octanol–water partition coefficient (Wildman–Crippen LogP) is 2.06. The van der Waals surface area contributed by atoms with Crippen LogP contribution in [0.15, 0.2) is 29.3 Å². The number of guanidine groups is 1. The first kappa shape index (κ1) is 19.1. The summed E-state index contributed by atoms with van der Waals surface area (Å²) in [5, 5.41) is 9.30. The zero-order valence-corrected chi connectivity index (χ0v) is 15.5. The Labute approximate surface area is 150 Å². The van der Waals surface area contributed by atoms with Crippen molar-refractivity contribution in [1.29, 1.82) is 0 Å². The zero-order chi connectivity index (χ0) is 18.1. The van der Waals surface area contributed by atoms with Gasteiger partial charge in [0.1, 0.15) is 5.75 Å². The fourth-order valence-electron chi connectivity index (χ4n) is 2.37. The van der Waals surface area contributed by atoms with Crippen molar-refractivity contribution in [2.75, 3.05) is 20.2 Å². The molecule has 0 aliphatic heterocycles. The smallest absolute Gasteiger partial charge is 0.221 e. The molecule has 0 spiro atoms. The van der Waals surface area contributed by atoms with E-state index in [1.807, 2.05) is 32.0 Å². The van der Waals surface area contributed by atoms with Crippen LogP contribution in [0.2, 0.25) is 0 Å². The van der Waals surface area contributed by atoms with Crippen LogP contribution in [0.5, 0.6) is 5.75 Å². The van der Waals surface area contributed by atoms with Crippen LogP contribution in [0, 0.1) is 5.92 Å². The van der Waals surface area contributed by atoms with E-state index < -0.39 is 0 Å². The third kappa shape index (κ3) is 7.45. The first-order chi connectivity index (χ1) is 12.1. The number of carbonyl (C=O) groups excluding carboxylic acids is 1. The van der Waals surface area contributed by atoms with Gasteiger partial charge >= 0.3 is 0 Å². The molecular weight excluding hydrogens is 316 g/mol. The number of carbonyl (C=O) groups is 1. The van der Waals surface area contributed by atoms with Crippen molar-refractivity contribution in [3.05, 3.63) is 29.8 Å². The summed E-state index contributed by atoms with van der Waals surface area (Å²) in [6, 6.07) is 8.22. The van der Waals surface area contributed by atoms with E-state index >= 15 is 0 Å². The van der Waals surface area contributed by atoms with Gasteiger partial charge in [-0.05, 0) is 38.7 Å². The van der Waals surface area contributed by atoms with Crippen molar-refractivity contribution < 1.29 is 9.53 Å². The van der Waals surface area contributed by atoms with Crippen molar-refractivity contribution in [2.45, 2.75) is 45.7 Å². The summed E-state index contributed by atoms with van der Waals surface area (Å²) in [5.74, 6) is 2.37.